The number of benzene rings is 2. The Labute approximate surface area is 129 Å². The van der Waals surface area contributed by atoms with Crippen LogP contribution in [0.4, 0.5) is 0 Å². The second-order valence-electron chi connectivity index (χ2n) is 5.34. The highest BCUT2D eigenvalue weighted by Crippen LogP contribution is 2.20. The molecular weight excluding hydrogens is 278 g/mol. The molecule has 112 valence electrons. The number of hydrogen-bond donors (Lipinski definition) is 1. The Morgan fingerprint density at radius 1 is 1.00 bits per heavy atom. The predicted molar refractivity (Wildman–Crippen MR) is 90.5 cm³/mol. The summed E-state index contributed by atoms with van der Waals surface area (Å²) < 4.78 is 12.5. The van der Waals surface area contributed by atoms with Gasteiger partial charge in [0.1, 0.15) is 0 Å². The molecule has 0 spiro atoms. The van der Waals surface area contributed by atoms with Crippen LogP contribution in [0.2, 0.25) is 0 Å². The molecule has 0 heterocycles. The van der Waals surface area contributed by atoms with Crippen molar-refractivity contribution in [3.63, 3.8) is 0 Å². The van der Waals surface area contributed by atoms with Gasteiger partial charge in [0, 0.05) is 22.6 Å². The van der Waals surface area contributed by atoms with Crippen LogP contribution in [0.3, 0.4) is 0 Å². The molecule has 0 aliphatic rings. The summed E-state index contributed by atoms with van der Waals surface area (Å²) in [7, 11) is -0.978. The maximum absolute atomic E-state index is 12.5. The van der Waals surface area contributed by atoms with Crippen LogP contribution in [0.15, 0.2) is 54.6 Å². The van der Waals surface area contributed by atoms with Gasteiger partial charge >= 0.3 is 0 Å². The average molecular weight is 301 g/mol. The minimum absolute atomic E-state index is 0.0716. The van der Waals surface area contributed by atoms with Crippen LogP contribution in [0, 0.1) is 0 Å². The summed E-state index contributed by atoms with van der Waals surface area (Å²) in [5.41, 5.74) is 9.74. The van der Waals surface area contributed by atoms with E-state index in [1.165, 1.54) is 5.56 Å². The molecule has 2 aromatic rings. The third-order valence-electron chi connectivity index (χ3n) is 3.85. The maximum Gasteiger partial charge on any atom is 0.0516 e. The highest BCUT2D eigenvalue weighted by molar-refractivity contribution is 7.84. The molecule has 3 atom stereocenters. The van der Waals surface area contributed by atoms with E-state index in [2.05, 4.69) is 31.2 Å². The number of aryl methyl sites for hydroxylation is 1. The zero-order valence-corrected chi connectivity index (χ0v) is 13.5. The largest absolute Gasteiger partial charge is 0.323 e. The highest BCUT2D eigenvalue weighted by atomic mass is 32.2. The quantitative estimate of drug-likeness (QED) is 0.886. The van der Waals surface area contributed by atoms with Crippen molar-refractivity contribution in [2.24, 2.45) is 5.73 Å². The summed E-state index contributed by atoms with van der Waals surface area (Å²) in [5.74, 6) is 0.558. The van der Waals surface area contributed by atoms with Crippen molar-refractivity contribution in [3.05, 3.63) is 71.3 Å². The number of nitrogens with two attached hydrogens (primary N) is 1. The number of hydrogen-bond acceptors (Lipinski definition) is 2. The van der Waals surface area contributed by atoms with Crippen LogP contribution in [0.25, 0.3) is 0 Å². The van der Waals surface area contributed by atoms with E-state index < -0.39 is 10.8 Å². The third-order valence-corrected chi connectivity index (χ3v) is 5.59. The normalized spacial score (nSPS) is 15.4. The van der Waals surface area contributed by atoms with Crippen molar-refractivity contribution in [2.45, 2.75) is 37.3 Å². The van der Waals surface area contributed by atoms with Crippen LogP contribution in [-0.4, -0.2) is 9.46 Å². The smallest absolute Gasteiger partial charge is 0.0516 e. The van der Waals surface area contributed by atoms with E-state index in [-0.39, 0.29) is 11.3 Å². The molecule has 2 N–H and O–H groups in total. The summed E-state index contributed by atoms with van der Waals surface area (Å²) in [6.07, 6.45) is 1.02. The Kier molecular flexibility index (Phi) is 5.71. The van der Waals surface area contributed by atoms with Crippen LogP contribution < -0.4 is 5.73 Å². The number of rotatable bonds is 6. The molecule has 3 heteroatoms. The van der Waals surface area contributed by atoms with Gasteiger partial charge in [-0.15, -0.1) is 0 Å². The van der Waals surface area contributed by atoms with Crippen LogP contribution in [-0.2, 0) is 23.0 Å². The van der Waals surface area contributed by atoms with Crippen LogP contribution in [0.1, 0.15) is 36.6 Å². The van der Waals surface area contributed by atoms with Crippen molar-refractivity contribution in [3.8, 4) is 0 Å². The first-order valence-electron chi connectivity index (χ1n) is 7.37. The summed E-state index contributed by atoms with van der Waals surface area (Å²) in [6, 6.07) is 18.0. The van der Waals surface area contributed by atoms with E-state index in [1.807, 2.05) is 37.3 Å². The molecule has 21 heavy (non-hydrogen) atoms. The fourth-order valence-electron chi connectivity index (χ4n) is 2.28. The molecule has 0 saturated heterocycles. The SMILES string of the molecule is CCc1ccc(C(N)C(C)S(=O)Cc2ccccc2)cc1. The molecule has 0 amide bonds. The molecule has 2 rings (SSSR count). The van der Waals surface area contributed by atoms with Gasteiger partial charge in [-0.1, -0.05) is 61.5 Å². The van der Waals surface area contributed by atoms with Gasteiger partial charge in [0.05, 0.1) is 5.25 Å². The van der Waals surface area contributed by atoms with E-state index in [9.17, 15) is 4.21 Å². The molecule has 0 bridgehead atoms. The van der Waals surface area contributed by atoms with E-state index in [0.717, 1.165) is 17.5 Å². The van der Waals surface area contributed by atoms with Crippen molar-refractivity contribution in [1.29, 1.82) is 0 Å². The van der Waals surface area contributed by atoms with Gasteiger partial charge < -0.3 is 5.73 Å². The zero-order valence-electron chi connectivity index (χ0n) is 12.7. The second kappa shape index (κ2) is 7.53. The zero-order chi connectivity index (χ0) is 15.2. The van der Waals surface area contributed by atoms with Crippen molar-refractivity contribution in [2.75, 3.05) is 0 Å². The standard InChI is InChI=1S/C18H23NOS/c1-3-15-9-11-17(12-10-15)18(19)14(2)21(20)13-16-7-5-4-6-8-16/h4-12,14,18H,3,13,19H2,1-2H3. The Balaban J connectivity index is 2.03. The molecular formula is C18H23NOS. The molecule has 0 aromatic heterocycles. The highest BCUT2D eigenvalue weighted by Gasteiger charge is 2.21. The van der Waals surface area contributed by atoms with E-state index in [0.29, 0.717) is 5.75 Å². The predicted octanol–water partition coefficient (Wildman–Crippen LogP) is 3.59. The topological polar surface area (TPSA) is 43.1 Å². The Morgan fingerprint density at radius 2 is 1.62 bits per heavy atom. The Hall–Kier alpha value is -1.45. The monoisotopic (exact) mass is 301 g/mol. The van der Waals surface area contributed by atoms with Gasteiger partial charge in [0.15, 0.2) is 0 Å². The fraction of sp³-hybridized carbons (Fsp3) is 0.333. The average Bonchev–Trinajstić information content (AvgIpc) is 2.54. The van der Waals surface area contributed by atoms with Gasteiger partial charge in [-0.25, -0.2) is 0 Å². The first-order valence-corrected chi connectivity index (χ1v) is 8.75. The van der Waals surface area contributed by atoms with Gasteiger partial charge in [0.2, 0.25) is 0 Å². The minimum Gasteiger partial charge on any atom is -0.323 e. The second-order valence-corrected chi connectivity index (χ2v) is 7.13. The summed E-state index contributed by atoms with van der Waals surface area (Å²) in [6.45, 7) is 4.10. The fourth-order valence-corrected chi connectivity index (χ4v) is 3.55. The summed E-state index contributed by atoms with van der Waals surface area (Å²) >= 11 is 0. The van der Waals surface area contributed by atoms with Crippen LogP contribution >= 0.6 is 0 Å². The van der Waals surface area contributed by atoms with Crippen molar-refractivity contribution in [1.82, 2.24) is 0 Å². The summed E-state index contributed by atoms with van der Waals surface area (Å²) in [4.78, 5) is 0. The summed E-state index contributed by atoms with van der Waals surface area (Å²) in [5, 5.41) is -0.0716. The molecule has 0 radical (unpaired) electrons. The molecule has 0 fully saturated rings. The Bertz CT molecular complexity index is 580. The molecule has 0 aliphatic carbocycles. The molecule has 2 nitrogen and oxygen atoms in total. The van der Waals surface area contributed by atoms with E-state index in [4.69, 9.17) is 5.73 Å². The van der Waals surface area contributed by atoms with Crippen molar-refractivity contribution < 1.29 is 4.21 Å². The van der Waals surface area contributed by atoms with Gasteiger partial charge in [-0.3, -0.25) is 4.21 Å². The lowest BCUT2D eigenvalue weighted by molar-refractivity contribution is 0.642. The molecule has 3 unspecified atom stereocenters. The molecule has 0 aliphatic heterocycles. The Morgan fingerprint density at radius 3 is 2.19 bits per heavy atom. The lowest BCUT2D eigenvalue weighted by Crippen LogP contribution is -2.28. The molecule has 2 aromatic carbocycles. The van der Waals surface area contributed by atoms with Crippen molar-refractivity contribution >= 4 is 10.8 Å². The third kappa shape index (κ3) is 4.26. The first kappa shape index (κ1) is 15.9. The van der Waals surface area contributed by atoms with E-state index >= 15 is 0 Å². The maximum atomic E-state index is 12.5. The lowest BCUT2D eigenvalue weighted by Gasteiger charge is -2.20. The lowest BCUT2D eigenvalue weighted by atomic mass is 10.0. The molecule has 0 saturated carbocycles. The first-order chi connectivity index (χ1) is 10.1. The van der Waals surface area contributed by atoms with Gasteiger partial charge in [0.25, 0.3) is 0 Å². The van der Waals surface area contributed by atoms with Gasteiger partial charge in [-0.05, 0) is 30.0 Å². The minimum atomic E-state index is -0.978. The van der Waals surface area contributed by atoms with Gasteiger partial charge in [-0.2, -0.15) is 0 Å². The van der Waals surface area contributed by atoms with Crippen LogP contribution in [0.5, 0.6) is 0 Å². The van der Waals surface area contributed by atoms with E-state index in [1.54, 1.807) is 0 Å².